The first kappa shape index (κ1) is 17.0. The largest absolute Gasteiger partial charge is 0.419 e. The van der Waals surface area contributed by atoms with Crippen LogP contribution in [0.25, 0.3) is 11.1 Å². The molecular weight excluding hydrogens is 356 g/mol. The number of nitrogens with zero attached hydrogens (tertiary/aromatic N) is 2. The summed E-state index contributed by atoms with van der Waals surface area (Å²) in [5, 5.41) is 0. The van der Waals surface area contributed by atoms with Crippen LogP contribution in [0, 0.1) is 0 Å². The molecule has 1 aliphatic heterocycles. The summed E-state index contributed by atoms with van der Waals surface area (Å²) in [6.07, 6.45) is -0.304. The lowest BCUT2D eigenvalue weighted by atomic mass is 10.1. The third-order valence-electron chi connectivity index (χ3n) is 4.60. The summed E-state index contributed by atoms with van der Waals surface area (Å²) in [5.74, 6) is -0.523. The number of aromatic nitrogens is 1. The Morgan fingerprint density at radius 1 is 1.12 bits per heavy atom. The van der Waals surface area contributed by atoms with Crippen molar-refractivity contribution in [1.82, 2.24) is 8.87 Å². The van der Waals surface area contributed by atoms with Crippen LogP contribution < -0.4 is 5.76 Å². The second-order valence-corrected chi connectivity index (χ2v) is 8.13. The topological polar surface area (TPSA) is 81.8 Å². The van der Waals surface area contributed by atoms with Crippen LogP contribution in [0.3, 0.4) is 0 Å². The molecule has 0 aliphatic carbocycles. The van der Waals surface area contributed by atoms with E-state index in [0.29, 0.717) is 17.7 Å². The molecule has 8 heteroatoms. The smallest absolute Gasteiger partial charge is 0.408 e. The zero-order valence-electron chi connectivity index (χ0n) is 14.2. The number of morpholine rings is 1. The van der Waals surface area contributed by atoms with Gasteiger partial charge in [-0.2, -0.15) is 4.31 Å². The van der Waals surface area contributed by atoms with Crippen molar-refractivity contribution in [3.05, 3.63) is 64.6 Å². The summed E-state index contributed by atoms with van der Waals surface area (Å²) in [6, 6.07) is 14.0. The molecule has 26 heavy (non-hydrogen) atoms. The Balaban J connectivity index is 1.67. The Kier molecular flexibility index (Phi) is 4.18. The van der Waals surface area contributed by atoms with Crippen LogP contribution in [0.2, 0.25) is 0 Å². The number of oxazole rings is 1. The molecule has 2 aromatic carbocycles. The van der Waals surface area contributed by atoms with E-state index < -0.39 is 15.8 Å². The Hall–Kier alpha value is -2.42. The number of sulfonamides is 1. The first-order valence-electron chi connectivity index (χ1n) is 8.23. The standard InChI is InChI=1S/C18H18N2O5S/c1-19-15-11-14(7-8-16(15)25-18(19)21)26(22,23)20-9-10-24-17(12-20)13-5-3-2-4-6-13/h2-8,11,17H,9-10,12H2,1H3/t17-/m1/s1. The molecule has 1 fully saturated rings. The second kappa shape index (κ2) is 6.39. The number of aryl methyl sites for hydroxylation is 1. The fourth-order valence-corrected chi connectivity index (χ4v) is 4.57. The zero-order chi connectivity index (χ0) is 18.3. The lowest BCUT2D eigenvalue weighted by Crippen LogP contribution is -2.42. The molecule has 3 aromatic rings. The molecule has 0 unspecified atom stereocenters. The fraction of sp³-hybridized carbons (Fsp3) is 0.278. The third kappa shape index (κ3) is 2.86. The number of hydrogen-bond donors (Lipinski definition) is 0. The third-order valence-corrected chi connectivity index (χ3v) is 6.46. The molecule has 1 aromatic heterocycles. The van der Waals surface area contributed by atoms with Crippen LogP contribution in [0.5, 0.6) is 0 Å². The Morgan fingerprint density at radius 3 is 2.65 bits per heavy atom. The number of ether oxygens (including phenoxy) is 1. The van der Waals surface area contributed by atoms with Crippen molar-refractivity contribution in [2.24, 2.45) is 7.05 Å². The van der Waals surface area contributed by atoms with E-state index in [2.05, 4.69) is 0 Å². The van der Waals surface area contributed by atoms with Crippen LogP contribution in [0.1, 0.15) is 11.7 Å². The summed E-state index contributed by atoms with van der Waals surface area (Å²) < 4.78 is 39.7. The molecule has 0 amide bonds. The summed E-state index contributed by atoms with van der Waals surface area (Å²) in [6.45, 7) is 0.855. The van der Waals surface area contributed by atoms with E-state index in [4.69, 9.17) is 9.15 Å². The van der Waals surface area contributed by atoms with Gasteiger partial charge in [0.1, 0.15) is 0 Å². The van der Waals surface area contributed by atoms with Gasteiger partial charge in [0.25, 0.3) is 0 Å². The molecule has 1 saturated heterocycles. The highest BCUT2D eigenvalue weighted by atomic mass is 32.2. The van der Waals surface area contributed by atoms with Gasteiger partial charge in [-0.05, 0) is 23.8 Å². The van der Waals surface area contributed by atoms with Gasteiger partial charge in [-0.25, -0.2) is 13.2 Å². The van der Waals surface area contributed by atoms with Crippen molar-refractivity contribution < 1.29 is 17.6 Å². The minimum atomic E-state index is -3.71. The molecule has 1 atom stereocenters. The molecule has 0 N–H and O–H groups in total. The first-order valence-corrected chi connectivity index (χ1v) is 9.67. The van der Waals surface area contributed by atoms with E-state index >= 15 is 0 Å². The minimum Gasteiger partial charge on any atom is -0.408 e. The van der Waals surface area contributed by atoms with Gasteiger partial charge in [-0.3, -0.25) is 4.57 Å². The molecule has 0 saturated carbocycles. The van der Waals surface area contributed by atoms with Crippen molar-refractivity contribution in [2.45, 2.75) is 11.0 Å². The number of rotatable bonds is 3. The predicted molar refractivity (Wildman–Crippen MR) is 95.3 cm³/mol. The van der Waals surface area contributed by atoms with E-state index in [0.717, 1.165) is 5.56 Å². The average Bonchev–Trinajstić information content (AvgIpc) is 2.96. The number of hydrogen-bond acceptors (Lipinski definition) is 5. The maximum absolute atomic E-state index is 13.1. The van der Waals surface area contributed by atoms with Crippen LogP contribution in [0.15, 0.2) is 62.6 Å². The van der Waals surface area contributed by atoms with Gasteiger partial charge >= 0.3 is 5.76 Å². The Labute approximate surface area is 150 Å². The van der Waals surface area contributed by atoms with Gasteiger partial charge in [0.15, 0.2) is 5.58 Å². The minimum absolute atomic E-state index is 0.134. The monoisotopic (exact) mass is 374 g/mol. The second-order valence-electron chi connectivity index (χ2n) is 6.19. The summed E-state index contributed by atoms with van der Waals surface area (Å²) in [7, 11) is -2.16. The first-order chi connectivity index (χ1) is 12.5. The van der Waals surface area contributed by atoms with Crippen LogP contribution in [-0.4, -0.2) is 37.0 Å². The molecule has 136 valence electrons. The maximum atomic E-state index is 13.1. The highest BCUT2D eigenvalue weighted by Gasteiger charge is 2.31. The van der Waals surface area contributed by atoms with Crippen molar-refractivity contribution >= 4 is 21.1 Å². The van der Waals surface area contributed by atoms with Crippen molar-refractivity contribution in [3.63, 3.8) is 0 Å². The van der Waals surface area contributed by atoms with Crippen molar-refractivity contribution in [2.75, 3.05) is 19.7 Å². The molecule has 0 bridgehead atoms. The predicted octanol–water partition coefficient (Wildman–Crippen LogP) is 1.89. The van der Waals surface area contributed by atoms with Gasteiger partial charge in [0, 0.05) is 20.1 Å². The zero-order valence-corrected chi connectivity index (χ0v) is 15.0. The summed E-state index contributed by atoms with van der Waals surface area (Å²) >= 11 is 0. The average molecular weight is 374 g/mol. The molecule has 2 heterocycles. The quantitative estimate of drug-likeness (QED) is 0.699. The SMILES string of the molecule is Cn1c(=O)oc2ccc(S(=O)(=O)N3CCO[C@@H](c4ccccc4)C3)cc21. The molecule has 0 radical (unpaired) electrons. The van der Waals surface area contributed by atoms with Crippen molar-refractivity contribution in [3.8, 4) is 0 Å². The van der Waals surface area contributed by atoms with Gasteiger partial charge in [0.2, 0.25) is 10.0 Å². The highest BCUT2D eigenvalue weighted by molar-refractivity contribution is 7.89. The van der Waals surface area contributed by atoms with Crippen molar-refractivity contribution in [1.29, 1.82) is 0 Å². The fourth-order valence-electron chi connectivity index (χ4n) is 3.13. The maximum Gasteiger partial charge on any atom is 0.419 e. The van der Waals surface area contributed by atoms with E-state index in [1.54, 1.807) is 7.05 Å². The summed E-state index contributed by atoms with van der Waals surface area (Å²) in [5.41, 5.74) is 1.75. The number of benzene rings is 2. The van der Waals surface area contributed by atoms with Crippen LogP contribution >= 0.6 is 0 Å². The number of fused-ring (bicyclic) bond motifs is 1. The van der Waals surface area contributed by atoms with Gasteiger partial charge in [0.05, 0.1) is 23.1 Å². The molecule has 4 rings (SSSR count). The van der Waals surface area contributed by atoms with Crippen LogP contribution in [0.4, 0.5) is 0 Å². The molecular formula is C18H18N2O5S. The van der Waals surface area contributed by atoms with E-state index in [1.165, 1.54) is 27.1 Å². The lowest BCUT2D eigenvalue weighted by Gasteiger charge is -2.32. The molecule has 0 spiro atoms. The van der Waals surface area contributed by atoms with Crippen LogP contribution in [-0.2, 0) is 21.8 Å². The van der Waals surface area contributed by atoms with Gasteiger partial charge in [-0.1, -0.05) is 30.3 Å². The molecule has 1 aliphatic rings. The van der Waals surface area contributed by atoms with Gasteiger partial charge in [-0.15, -0.1) is 0 Å². The Morgan fingerprint density at radius 2 is 1.88 bits per heavy atom. The lowest BCUT2D eigenvalue weighted by molar-refractivity contribution is -0.00255. The molecule has 7 nitrogen and oxygen atoms in total. The Bertz CT molecular complexity index is 1100. The van der Waals surface area contributed by atoms with E-state index in [1.807, 2.05) is 30.3 Å². The van der Waals surface area contributed by atoms with E-state index in [9.17, 15) is 13.2 Å². The summed E-state index contributed by atoms with van der Waals surface area (Å²) in [4.78, 5) is 11.8. The van der Waals surface area contributed by atoms with E-state index in [-0.39, 0.29) is 24.1 Å². The normalized spacial score (nSPS) is 19.0. The van der Waals surface area contributed by atoms with Gasteiger partial charge < -0.3 is 9.15 Å². The highest BCUT2D eigenvalue weighted by Crippen LogP contribution is 2.27.